The first-order valence-electron chi connectivity index (χ1n) is 5.28. The lowest BCUT2D eigenvalue weighted by Crippen LogP contribution is -2.09. The minimum atomic E-state index is -0.619. The van der Waals surface area contributed by atoms with Gasteiger partial charge in [0.05, 0.1) is 5.69 Å². The molecule has 1 rings (SSSR count). The molecule has 1 aromatic rings. The molecule has 0 atom stereocenters. The van der Waals surface area contributed by atoms with Crippen molar-refractivity contribution in [1.82, 2.24) is 0 Å². The Morgan fingerprint density at radius 2 is 1.16 bits per heavy atom. The minimum absolute atomic E-state index is 0.0136. The van der Waals surface area contributed by atoms with Crippen LogP contribution in [0.4, 0.5) is 5.69 Å². The quantitative estimate of drug-likeness (QED) is 0.495. The first-order chi connectivity index (χ1) is 8.79. The molecule has 7 nitrogen and oxygen atoms in total. The van der Waals surface area contributed by atoms with Crippen LogP contribution in [0.2, 0.25) is 0 Å². The normalized spacial score (nSPS) is 9.63. The largest absolute Gasteiger partial charge is 0.424 e. The van der Waals surface area contributed by atoms with Crippen molar-refractivity contribution >= 4 is 23.6 Å². The van der Waals surface area contributed by atoms with Crippen LogP contribution in [0.5, 0.6) is 17.2 Å². The predicted molar refractivity (Wildman–Crippen MR) is 64.8 cm³/mol. The summed E-state index contributed by atoms with van der Waals surface area (Å²) in [4.78, 5) is 32.8. The summed E-state index contributed by atoms with van der Waals surface area (Å²) < 4.78 is 14.5. The van der Waals surface area contributed by atoms with Crippen LogP contribution in [-0.4, -0.2) is 17.9 Å². The fourth-order valence-corrected chi connectivity index (χ4v) is 1.27. The molecule has 7 heteroatoms. The van der Waals surface area contributed by atoms with Crippen molar-refractivity contribution in [3.8, 4) is 17.2 Å². The van der Waals surface area contributed by atoms with Crippen LogP contribution in [0.15, 0.2) is 12.1 Å². The van der Waals surface area contributed by atoms with Crippen LogP contribution >= 0.6 is 0 Å². The van der Waals surface area contributed by atoms with Gasteiger partial charge in [0.15, 0.2) is 17.2 Å². The third-order valence-electron chi connectivity index (χ3n) is 1.84. The van der Waals surface area contributed by atoms with Crippen molar-refractivity contribution in [1.29, 1.82) is 0 Å². The molecule has 0 aliphatic heterocycles. The lowest BCUT2D eigenvalue weighted by Gasteiger charge is -2.12. The minimum Gasteiger partial charge on any atom is -0.424 e. The molecule has 0 aliphatic carbocycles. The monoisotopic (exact) mass is 267 g/mol. The molecule has 0 heterocycles. The van der Waals surface area contributed by atoms with E-state index in [0.717, 1.165) is 0 Å². The molecule has 0 unspecified atom stereocenters. The van der Waals surface area contributed by atoms with E-state index < -0.39 is 17.9 Å². The second-order valence-corrected chi connectivity index (χ2v) is 3.62. The summed E-state index contributed by atoms with van der Waals surface area (Å²) in [6.07, 6.45) is 0. The van der Waals surface area contributed by atoms with Crippen molar-refractivity contribution in [3.63, 3.8) is 0 Å². The fraction of sp³-hybridized carbons (Fsp3) is 0.250. The molecule has 0 amide bonds. The van der Waals surface area contributed by atoms with Crippen LogP contribution in [0.3, 0.4) is 0 Å². The Hall–Kier alpha value is -2.57. The SMILES string of the molecule is CC(=O)Oc1cc(OC(C)=O)c(OC(C)=O)cc1N. The van der Waals surface area contributed by atoms with Gasteiger partial charge in [0.25, 0.3) is 0 Å². The van der Waals surface area contributed by atoms with Gasteiger partial charge in [-0.3, -0.25) is 14.4 Å². The molecular formula is C12H13NO6. The van der Waals surface area contributed by atoms with Gasteiger partial charge >= 0.3 is 17.9 Å². The van der Waals surface area contributed by atoms with Crippen LogP contribution in [-0.2, 0) is 14.4 Å². The van der Waals surface area contributed by atoms with Gasteiger partial charge in [-0.2, -0.15) is 0 Å². The molecule has 0 radical (unpaired) electrons. The summed E-state index contributed by atoms with van der Waals surface area (Å²) in [7, 11) is 0. The first-order valence-corrected chi connectivity index (χ1v) is 5.28. The number of hydrogen-bond acceptors (Lipinski definition) is 7. The maximum atomic E-state index is 11.0. The zero-order chi connectivity index (χ0) is 14.6. The van der Waals surface area contributed by atoms with E-state index in [2.05, 4.69) is 0 Å². The molecule has 19 heavy (non-hydrogen) atoms. The van der Waals surface area contributed by atoms with Gasteiger partial charge < -0.3 is 19.9 Å². The van der Waals surface area contributed by atoms with E-state index in [4.69, 9.17) is 19.9 Å². The molecule has 0 saturated heterocycles. The van der Waals surface area contributed by atoms with E-state index >= 15 is 0 Å². The van der Waals surface area contributed by atoms with Gasteiger partial charge in [-0.25, -0.2) is 0 Å². The smallest absolute Gasteiger partial charge is 0.308 e. The number of hydrogen-bond donors (Lipinski definition) is 1. The van der Waals surface area contributed by atoms with Crippen LogP contribution < -0.4 is 19.9 Å². The van der Waals surface area contributed by atoms with Gasteiger partial charge in [-0.1, -0.05) is 0 Å². The Morgan fingerprint density at radius 1 is 0.789 bits per heavy atom. The molecule has 0 aromatic heterocycles. The number of carbonyl (C=O) groups excluding carboxylic acids is 3. The van der Waals surface area contributed by atoms with E-state index in [-0.39, 0.29) is 22.9 Å². The molecule has 0 saturated carbocycles. The molecule has 0 bridgehead atoms. The standard InChI is InChI=1S/C12H13NO6/c1-6(14)17-10-5-12(19-8(3)16)11(4-9(10)13)18-7(2)15/h4-5H,13H2,1-3H3. The molecule has 102 valence electrons. The molecule has 0 aliphatic rings. The van der Waals surface area contributed by atoms with Gasteiger partial charge in [-0.05, 0) is 0 Å². The van der Waals surface area contributed by atoms with E-state index in [1.54, 1.807) is 0 Å². The number of anilines is 1. The Bertz CT molecular complexity index is 537. The van der Waals surface area contributed by atoms with Crippen molar-refractivity contribution in [2.24, 2.45) is 0 Å². The van der Waals surface area contributed by atoms with E-state index in [9.17, 15) is 14.4 Å². The Morgan fingerprint density at radius 3 is 1.58 bits per heavy atom. The highest BCUT2D eigenvalue weighted by atomic mass is 16.6. The lowest BCUT2D eigenvalue weighted by atomic mass is 10.2. The zero-order valence-electron chi connectivity index (χ0n) is 10.7. The van der Waals surface area contributed by atoms with Crippen LogP contribution in [0.25, 0.3) is 0 Å². The lowest BCUT2D eigenvalue weighted by molar-refractivity contribution is -0.134. The number of nitrogen functional groups attached to an aromatic ring is 1. The van der Waals surface area contributed by atoms with Gasteiger partial charge in [0.1, 0.15) is 0 Å². The Kier molecular flexibility index (Phi) is 4.46. The molecule has 0 spiro atoms. The Labute approximate surface area is 109 Å². The summed E-state index contributed by atoms with van der Waals surface area (Å²) in [6.45, 7) is 3.57. The number of ether oxygens (including phenoxy) is 3. The number of benzene rings is 1. The first kappa shape index (κ1) is 14.5. The van der Waals surface area contributed by atoms with Crippen molar-refractivity contribution in [3.05, 3.63) is 12.1 Å². The maximum Gasteiger partial charge on any atom is 0.308 e. The average Bonchev–Trinajstić information content (AvgIpc) is 2.22. The van der Waals surface area contributed by atoms with Gasteiger partial charge in [-0.15, -0.1) is 0 Å². The maximum absolute atomic E-state index is 11.0. The highest BCUT2D eigenvalue weighted by molar-refractivity contribution is 5.78. The van der Waals surface area contributed by atoms with Crippen LogP contribution in [0.1, 0.15) is 20.8 Å². The zero-order valence-corrected chi connectivity index (χ0v) is 10.7. The Balaban J connectivity index is 3.23. The van der Waals surface area contributed by atoms with Crippen molar-refractivity contribution in [2.75, 3.05) is 5.73 Å². The van der Waals surface area contributed by atoms with Gasteiger partial charge in [0.2, 0.25) is 0 Å². The van der Waals surface area contributed by atoms with E-state index in [1.807, 2.05) is 0 Å². The summed E-state index contributed by atoms with van der Waals surface area (Å²) in [5.74, 6) is -1.88. The summed E-state index contributed by atoms with van der Waals surface area (Å²) >= 11 is 0. The molecule has 0 fully saturated rings. The van der Waals surface area contributed by atoms with Crippen molar-refractivity contribution < 1.29 is 28.6 Å². The summed E-state index contributed by atoms with van der Waals surface area (Å²) in [6, 6.07) is 2.44. The number of esters is 3. The second kappa shape index (κ2) is 5.85. The molecule has 2 N–H and O–H groups in total. The number of rotatable bonds is 3. The predicted octanol–water partition coefficient (Wildman–Crippen LogP) is 1.04. The molecule has 1 aromatic carbocycles. The van der Waals surface area contributed by atoms with Crippen molar-refractivity contribution in [2.45, 2.75) is 20.8 Å². The van der Waals surface area contributed by atoms with E-state index in [1.165, 1.54) is 32.9 Å². The summed E-state index contributed by atoms with van der Waals surface area (Å²) in [5, 5.41) is 0. The third-order valence-corrected chi connectivity index (χ3v) is 1.84. The summed E-state index contributed by atoms with van der Waals surface area (Å²) in [5.41, 5.74) is 5.71. The van der Waals surface area contributed by atoms with E-state index in [0.29, 0.717) is 0 Å². The van der Waals surface area contributed by atoms with Gasteiger partial charge in [0, 0.05) is 32.9 Å². The number of nitrogens with two attached hydrogens (primary N) is 1. The average molecular weight is 267 g/mol. The second-order valence-electron chi connectivity index (χ2n) is 3.62. The topological polar surface area (TPSA) is 105 Å². The third kappa shape index (κ3) is 4.30. The highest BCUT2D eigenvalue weighted by Gasteiger charge is 2.16. The number of carbonyl (C=O) groups is 3. The molecular weight excluding hydrogens is 254 g/mol. The van der Waals surface area contributed by atoms with Crippen LogP contribution in [0, 0.1) is 0 Å². The highest BCUT2D eigenvalue weighted by Crippen LogP contribution is 2.37. The fourth-order valence-electron chi connectivity index (χ4n) is 1.27.